The first-order valence-corrected chi connectivity index (χ1v) is 6.75. The number of nitrogens with zero attached hydrogens (tertiary/aromatic N) is 3. The van der Waals surface area contributed by atoms with Crippen molar-refractivity contribution >= 4 is 17.5 Å². The first-order chi connectivity index (χ1) is 10.0. The molecule has 1 atom stereocenters. The zero-order valence-corrected chi connectivity index (χ0v) is 12.4. The van der Waals surface area contributed by atoms with Gasteiger partial charge in [0.1, 0.15) is 5.65 Å². The Labute approximate surface area is 123 Å². The van der Waals surface area contributed by atoms with Crippen LogP contribution in [-0.4, -0.2) is 46.9 Å². The number of rotatable bonds is 5. The zero-order chi connectivity index (χ0) is 15.4. The topological polar surface area (TPSA) is 63.9 Å². The zero-order valence-electron chi connectivity index (χ0n) is 12.4. The Balaban J connectivity index is 1.98. The number of hydrogen-bond donors (Lipinski definition) is 0. The van der Waals surface area contributed by atoms with Crippen LogP contribution in [0.4, 0.5) is 0 Å². The summed E-state index contributed by atoms with van der Waals surface area (Å²) in [5.74, 6) is -0.735. The Morgan fingerprint density at radius 2 is 2.19 bits per heavy atom. The number of carbonyl (C=O) groups excluding carboxylic acids is 2. The number of pyridine rings is 1. The third kappa shape index (κ3) is 3.59. The third-order valence-corrected chi connectivity index (χ3v) is 3.32. The smallest absolute Gasteiger partial charge is 0.310 e. The molecule has 6 heteroatoms. The number of esters is 1. The van der Waals surface area contributed by atoms with Crippen molar-refractivity contribution in [1.82, 2.24) is 14.3 Å². The van der Waals surface area contributed by atoms with Crippen LogP contribution in [0.3, 0.4) is 0 Å². The quantitative estimate of drug-likeness (QED) is 0.774. The Hall–Kier alpha value is -2.37. The Morgan fingerprint density at radius 1 is 1.43 bits per heavy atom. The SMILES string of the molecule is COC(=O)C(C)CN(C)C(=O)Cc1cn2ccccc2n1. The molecule has 0 fully saturated rings. The first kappa shape index (κ1) is 15.0. The highest BCUT2D eigenvalue weighted by Gasteiger charge is 2.19. The van der Waals surface area contributed by atoms with Crippen LogP contribution in [0, 0.1) is 5.92 Å². The number of likely N-dealkylation sites (N-methyl/N-ethyl adjacent to an activating group) is 1. The predicted molar refractivity (Wildman–Crippen MR) is 77.7 cm³/mol. The lowest BCUT2D eigenvalue weighted by atomic mass is 10.1. The van der Waals surface area contributed by atoms with Crippen LogP contribution < -0.4 is 0 Å². The van der Waals surface area contributed by atoms with Crippen LogP contribution in [0.2, 0.25) is 0 Å². The van der Waals surface area contributed by atoms with E-state index in [0.717, 1.165) is 5.65 Å². The van der Waals surface area contributed by atoms with E-state index in [1.165, 1.54) is 12.0 Å². The molecule has 112 valence electrons. The van der Waals surface area contributed by atoms with Gasteiger partial charge >= 0.3 is 5.97 Å². The fourth-order valence-corrected chi connectivity index (χ4v) is 2.15. The first-order valence-electron chi connectivity index (χ1n) is 6.75. The van der Waals surface area contributed by atoms with E-state index in [-0.39, 0.29) is 24.2 Å². The summed E-state index contributed by atoms with van der Waals surface area (Å²) < 4.78 is 6.53. The van der Waals surface area contributed by atoms with Crippen molar-refractivity contribution in [1.29, 1.82) is 0 Å². The molecule has 2 rings (SSSR count). The monoisotopic (exact) mass is 289 g/mol. The normalized spacial score (nSPS) is 12.1. The van der Waals surface area contributed by atoms with Crippen LogP contribution in [0.25, 0.3) is 5.65 Å². The van der Waals surface area contributed by atoms with Crippen LogP contribution in [-0.2, 0) is 20.7 Å². The van der Waals surface area contributed by atoms with Gasteiger partial charge in [0.25, 0.3) is 0 Å². The van der Waals surface area contributed by atoms with Crippen molar-refractivity contribution < 1.29 is 14.3 Å². The number of aromatic nitrogens is 2. The summed E-state index contributed by atoms with van der Waals surface area (Å²) in [5.41, 5.74) is 1.52. The molecule has 0 saturated heterocycles. The number of ether oxygens (including phenoxy) is 1. The summed E-state index contributed by atoms with van der Waals surface area (Å²) in [5, 5.41) is 0. The van der Waals surface area contributed by atoms with Gasteiger partial charge in [0.2, 0.25) is 5.91 Å². The summed E-state index contributed by atoms with van der Waals surface area (Å²) in [7, 11) is 3.02. The molecule has 21 heavy (non-hydrogen) atoms. The molecule has 0 aliphatic rings. The summed E-state index contributed by atoms with van der Waals surface area (Å²) in [6.07, 6.45) is 3.94. The molecule has 0 aliphatic carbocycles. The van der Waals surface area contributed by atoms with Gasteiger partial charge in [-0.3, -0.25) is 9.59 Å². The molecule has 0 aromatic carbocycles. The van der Waals surface area contributed by atoms with Crippen molar-refractivity contribution in [2.75, 3.05) is 20.7 Å². The fourth-order valence-electron chi connectivity index (χ4n) is 2.15. The largest absolute Gasteiger partial charge is 0.469 e. The fraction of sp³-hybridized carbons (Fsp3) is 0.400. The Morgan fingerprint density at radius 3 is 2.86 bits per heavy atom. The Kier molecular flexibility index (Phi) is 4.57. The highest BCUT2D eigenvalue weighted by atomic mass is 16.5. The second-order valence-electron chi connectivity index (χ2n) is 5.07. The summed E-state index contributed by atoms with van der Waals surface area (Å²) >= 11 is 0. The van der Waals surface area contributed by atoms with Crippen molar-refractivity contribution in [3.05, 3.63) is 36.3 Å². The van der Waals surface area contributed by atoms with Crippen molar-refractivity contribution in [2.24, 2.45) is 5.92 Å². The van der Waals surface area contributed by atoms with Crippen molar-refractivity contribution in [3.8, 4) is 0 Å². The maximum absolute atomic E-state index is 12.2. The minimum atomic E-state index is -0.343. The van der Waals surface area contributed by atoms with Crippen LogP contribution in [0.1, 0.15) is 12.6 Å². The van der Waals surface area contributed by atoms with E-state index >= 15 is 0 Å². The van der Waals surface area contributed by atoms with Gasteiger partial charge in [-0.2, -0.15) is 0 Å². The maximum Gasteiger partial charge on any atom is 0.310 e. The molecule has 0 radical (unpaired) electrons. The molecular weight excluding hydrogens is 270 g/mol. The lowest BCUT2D eigenvalue weighted by Gasteiger charge is -2.19. The molecule has 2 aromatic rings. The van der Waals surface area contributed by atoms with E-state index < -0.39 is 0 Å². The number of methoxy groups -OCH3 is 1. The van der Waals surface area contributed by atoms with Gasteiger partial charge in [-0.25, -0.2) is 4.98 Å². The highest BCUT2D eigenvalue weighted by Crippen LogP contribution is 2.07. The van der Waals surface area contributed by atoms with Gasteiger partial charge in [0.05, 0.1) is 25.1 Å². The van der Waals surface area contributed by atoms with Gasteiger partial charge in [-0.15, -0.1) is 0 Å². The minimum absolute atomic E-state index is 0.0749. The summed E-state index contributed by atoms with van der Waals surface area (Å²) in [6, 6.07) is 5.69. The Bertz CT molecular complexity index is 617. The predicted octanol–water partition coefficient (Wildman–Crippen LogP) is 1.14. The molecule has 1 unspecified atom stereocenters. The lowest BCUT2D eigenvalue weighted by Crippen LogP contribution is -2.35. The average molecular weight is 289 g/mol. The van der Waals surface area contributed by atoms with Gasteiger partial charge in [0.15, 0.2) is 0 Å². The standard InChI is InChI=1S/C15H19N3O3/c1-11(15(20)21-3)9-17(2)14(19)8-12-10-18-7-5-4-6-13(18)16-12/h4-7,10-11H,8-9H2,1-3H3. The van der Waals surface area contributed by atoms with Crippen molar-refractivity contribution in [3.63, 3.8) is 0 Å². The second-order valence-corrected chi connectivity index (χ2v) is 5.07. The van der Waals surface area contributed by atoms with E-state index in [1.54, 1.807) is 14.0 Å². The maximum atomic E-state index is 12.2. The molecular formula is C15H19N3O3. The lowest BCUT2D eigenvalue weighted by molar-refractivity contribution is -0.146. The number of imidazole rings is 1. The second kappa shape index (κ2) is 6.39. The molecule has 6 nitrogen and oxygen atoms in total. The number of hydrogen-bond acceptors (Lipinski definition) is 4. The third-order valence-electron chi connectivity index (χ3n) is 3.32. The number of carbonyl (C=O) groups is 2. The van der Waals surface area contributed by atoms with Gasteiger partial charge in [0, 0.05) is 26.0 Å². The van der Waals surface area contributed by atoms with E-state index in [4.69, 9.17) is 0 Å². The number of amides is 1. The molecule has 2 aromatic heterocycles. The minimum Gasteiger partial charge on any atom is -0.469 e. The van der Waals surface area contributed by atoms with Crippen LogP contribution in [0.5, 0.6) is 0 Å². The molecule has 2 heterocycles. The van der Waals surface area contributed by atoms with E-state index in [2.05, 4.69) is 9.72 Å². The average Bonchev–Trinajstić information content (AvgIpc) is 2.88. The van der Waals surface area contributed by atoms with E-state index in [0.29, 0.717) is 12.2 Å². The molecule has 0 saturated carbocycles. The summed E-state index contributed by atoms with van der Waals surface area (Å²) in [4.78, 5) is 29.5. The van der Waals surface area contributed by atoms with E-state index in [1.807, 2.05) is 35.0 Å². The van der Waals surface area contributed by atoms with Crippen LogP contribution >= 0.6 is 0 Å². The molecule has 0 N–H and O–H groups in total. The molecule has 0 spiro atoms. The van der Waals surface area contributed by atoms with Gasteiger partial charge in [-0.1, -0.05) is 13.0 Å². The van der Waals surface area contributed by atoms with E-state index in [9.17, 15) is 9.59 Å². The number of fused-ring (bicyclic) bond motifs is 1. The summed E-state index contributed by atoms with van der Waals surface area (Å²) in [6.45, 7) is 2.07. The highest BCUT2D eigenvalue weighted by molar-refractivity contribution is 5.79. The molecule has 1 amide bonds. The van der Waals surface area contributed by atoms with Crippen LogP contribution in [0.15, 0.2) is 30.6 Å². The van der Waals surface area contributed by atoms with Gasteiger partial charge in [-0.05, 0) is 12.1 Å². The van der Waals surface area contributed by atoms with Gasteiger partial charge < -0.3 is 14.0 Å². The molecule has 0 aliphatic heterocycles. The van der Waals surface area contributed by atoms with Crippen molar-refractivity contribution in [2.45, 2.75) is 13.3 Å². The molecule has 0 bridgehead atoms.